The molecule has 0 aliphatic heterocycles. The van der Waals surface area contributed by atoms with Gasteiger partial charge in [0.05, 0.1) is 0 Å². The normalized spacial score (nSPS) is 6.67. The van der Waals surface area contributed by atoms with Crippen LogP contribution < -0.4 is 88.7 Å². The Morgan fingerprint density at radius 1 is 0.556 bits per heavy atom. The summed E-state index contributed by atoms with van der Waals surface area (Å²) in [5, 5.41) is 22.2. The van der Waals surface area contributed by atoms with Gasteiger partial charge in [0, 0.05) is 0 Å². The van der Waals surface area contributed by atoms with Crippen molar-refractivity contribution in [2.24, 2.45) is 0 Å². The second-order valence-electron chi connectivity index (χ2n) is 1.12. The molecule has 3 N–H and O–H groups in total. The molecule has 0 aromatic heterocycles. The summed E-state index contributed by atoms with van der Waals surface area (Å²) in [5.74, 6) is 0. The second-order valence-corrected chi connectivity index (χ2v) is 2.82. The second kappa shape index (κ2) is 31.2. The molecule has 0 aliphatic carbocycles. The summed E-state index contributed by atoms with van der Waals surface area (Å²) in [4.78, 5) is 27.1. The fourth-order valence-electron chi connectivity index (χ4n) is 0. The molecule has 9 nitrogen and oxygen atoms in total. The van der Waals surface area contributed by atoms with Gasteiger partial charge in [-0.3, -0.25) is 13.7 Å². The molecule has 0 fully saturated rings. The van der Waals surface area contributed by atoms with Gasteiger partial charge >= 0.3 is 106 Å². The van der Waals surface area contributed by atoms with Gasteiger partial charge in [0.2, 0.25) is 0 Å². The zero-order valence-corrected chi connectivity index (χ0v) is 18.3. The van der Waals surface area contributed by atoms with Gasteiger partial charge in [0.1, 0.15) is 0 Å². The van der Waals surface area contributed by atoms with Gasteiger partial charge in [-0.1, -0.05) is 0 Å². The Hall–Kier alpha value is 1.71. The third-order valence-corrected chi connectivity index (χ3v) is 0.703. The van der Waals surface area contributed by atoms with Crippen molar-refractivity contribution in [1.82, 2.24) is 0 Å². The maximum absolute atomic E-state index is 9.04. The minimum Gasteiger partial charge on any atom is -0.472 e. The molecule has 0 amide bonds. The molecule has 0 rings (SSSR count). The molecule has 0 aromatic carbocycles. The van der Waals surface area contributed by atoms with E-state index in [9.17, 15) is 0 Å². The van der Waals surface area contributed by atoms with E-state index in [1.165, 1.54) is 0 Å². The van der Waals surface area contributed by atoms with E-state index in [0.717, 1.165) is 0 Å². The Bertz CT molecular complexity index is 228. The SMILES string of the molecule is O=PC(=O)O.O=PC(=O)O.O=PC(=O)O.[Na+].[Na+].[Na+]. The van der Waals surface area contributed by atoms with Crippen molar-refractivity contribution in [2.45, 2.75) is 0 Å². The Labute approximate surface area is 172 Å². The fourth-order valence-corrected chi connectivity index (χ4v) is 0. The van der Waals surface area contributed by atoms with E-state index >= 15 is 0 Å². The van der Waals surface area contributed by atoms with Crippen LogP contribution in [0.15, 0.2) is 0 Å². The number of carboxylic acid groups (broad SMARTS) is 3. The van der Waals surface area contributed by atoms with Crippen molar-refractivity contribution in [1.29, 1.82) is 0 Å². The molecule has 0 atom stereocenters. The van der Waals surface area contributed by atoms with E-state index in [1.54, 1.807) is 0 Å². The number of hydrogen-bond donors (Lipinski definition) is 3. The Balaban J connectivity index is -0.0000000277. The van der Waals surface area contributed by atoms with Crippen LogP contribution in [0.4, 0.5) is 14.4 Å². The van der Waals surface area contributed by atoms with Crippen LogP contribution >= 0.6 is 25.4 Å². The molecule has 84 valence electrons. The van der Waals surface area contributed by atoms with Gasteiger partial charge < -0.3 is 15.3 Å². The van der Waals surface area contributed by atoms with Gasteiger partial charge in [-0.15, -0.1) is 0 Å². The molecule has 0 aromatic rings. The Morgan fingerprint density at radius 3 is 0.611 bits per heavy atom. The van der Waals surface area contributed by atoms with Crippen LogP contribution in [-0.4, -0.2) is 32.5 Å². The van der Waals surface area contributed by atoms with E-state index in [-0.39, 0.29) is 88.7 Å². The molecule has 0 saturated carbocycles. The summed E-state index contributed by atoms with van der Waals surface area (Å²) in [6.07, 6.45) is 0. The maximum Gasteiger partial charge on any atom is 1.00 e. The van der Waals surface area contributed by atoms with Crippen molar-refractivity contribution >= 4 is 42.5 Å². The average molecular weight is 345 g/mol. The van der Waals surface area contributed by atoms with E-state index in [4.69, 9.17) is 43.4 Å². The van der Waals surface area contributed by atoms with Crippen LogP contribution in [0, 0.1) is 0 Å². The first-order valence-corrected chi connectivity index (χ1v) is 4.94. The average Bonchev–Trinajstić information content (AvgIpc) is 2.19. The van der Waals surface area contributed by atoms with Crippen LogP contribution in [0.5, 0.6) is 0 Å². The predicted octanol–water partition coefficient (Wildman–Crippen LogP) is -6.12. The van der Waals surface area contributed by atoms with Gasteiger partial charge in [0.25, 0.3) is 25.4 Å². The van der Waals surface area contributed by atoms with Gasteiger partial charge in [0.15, 0.2) is 0 Å². The van der Waals surface area contributed by atoms with Crippen molar-refractivity contribution in [2.75, 3.05) is 0 Å². The van der Waals surface area contributed by atoms with Crippen molar-refractivity contribution in [3.63, 3.8) is 0 Å². The molecule has 0 bridgehead atoms. The van der Waals surface area contributed by atoms with Gasteiger partial charge in [-0.25, -0.2) is 14.4 Å². The van der Waals surface area contributed by atoms with E-state index in [2.05, 4.69) is 0 Å². The molecular formula is C3H3Na3O9P3+3. The van der Waals surface area contributed by atoms with Crippen LogP contribution in [-0.2, 0) is 13.7 Å². The van der Waals surface area contributed by atoms with Crippen molar-refractivity contribution < 1.29 is 132 Å². The minimum atomic E-state index is -1.33. The Morgan fingerprint density at radius 2 is 0.611 bits per heavy atom. The van der Waals surface area contributed by atoms with E-state index < -0.39 is 42.5 Å². The molecule has 0 unspecified atom stereocenters. The molecule has 18 heavy (non-hydrogen) atoms. The summed E-state index contributed by atoms with van der Waals surface area (Å²) >= 11 is 0. The monoisotopic (exact) mass is 345 g/mol. The molecule has 0 spiro atoms. The standard InChI is InChI=1S/3CHO3P.3Na/c3*2-1(3)5-4;;;/h3*(H,2,3);;;/q;;;3*+1. The van der Waals surface area contributed by atoms with Crippen LogP contribution in [0.3, 0.4) is 0 Å². The van der Waals surface area contributed by atoms with Gasteiger partial charge in [-0.2, -0.15) is 0 Å². The topological polar surface area (TPSA) is 163 Å². The van der Waals surface area contributed by atoms with Crippen molar-refractivity contribution in [3.05, 3.63) is 0 Å². The van der Waals surface area contributed by atoms with Crippen LogP contribution in [0.2, 0.25) is 0 Å². The molecular weight excluding hydrogens is 342 g/mol. The zero-order chi connectivity index (χ0) is 12.9. The number of hydrogen-bond acceptors (Lipinski definition) is 6. The molecule has 0 radical (unpaired) electrons. The third-order valence-electron chi connectivity index (χ3n) is 0.234. The van der Waals surface area contributed by atoms with E-state index in [1.807, 2.05) is 0 Å². The first-order valence-electron chi connectivity index (χ1n) is 2.50. The maximum atomic E-state index is 9.04. The summed E-state index contributed by atoms with van der Waals surface area (Å²) in [5.41, 5.74) is -3.99. The largest absolute Gasteiger partial charge is 1.00 e. The first-order chi connectivity index (χ1) is 6.81. The predicted molar refractivity (Wildman–Crippen MR) is 46.9 cm³/mol. The Kier molecular flexibility index (Phi) is 63.7. The van der Waals surface area contributed by atoms with Crippen LogP contribution in [0.25, 0.3) is 0 Å². The van der Waals surface area contributed by atoms with E-state index in [0.29, 0.717) is 0 Å². The minimum absolute atomic E-state index is 0. The molecule has 0 heterocycles. The summed E-state index contributed by atoms with van der Waals surface area (Å²) in [6.45, 7) is 0. The summed E-state index contributed by atoms with van der Waals surface area (Å²) in [7, 11) is -2.51. The smallest absolute Gasteiger partial charge is 0.472 e. The third kappa shape index (κ3) is 83.2. The molecule has 0 saturated heterocycles. The quantitative estimate of drug-likeness (QED) is 0.334. The molecule has 0 aliphatic rings. The van der Waals surface area contributed by atoms with Gasteiger partial charge in [-0.05, 0) is 0 Å². The van der Waals surface area contributed by atoms with Crippen molar-refractivity contribution in [3.8, 4) is 0 Å². The summed E-state index contributed by atoms with van der Waals surface area (Å²) < 4.78 is 27.0. The zero-order valence-electron chi connectivity index (χ0n) is 9.63. The number of carbonyl (C=O) groups is 3. The van der Waals surface area contributed by atoms with Crippen LogP contribution in [0.1, 0.15) is 0 Å². The summed E-state index contributed by atoms with van der Waals surface area (Å²) in [6, 6.07) is 0. The first kappa shape index (κ1) is 36.7. The number of rotatable bonds is 3. The molecule has 15 heteroatoms. The fraction of sp³-hybridized carbons (Fsp3) is 0.